The minimum Gasteiger partial charge on any atom is -0.465 e. The van der Waals surface area contributed by atoms with Gasteiger partial charge in [-0.1, -0.05) is 6.92 Å². The molecule has 2 fully saturated rings. The summed E-state index contributed by atoms with van der Waals surface area (Å²) in [6.07, 6.45) is 4.39. The lowest BCUT2D eigenvalue weighted by Crippen LogP contribution is -2.59. The van der Waals surface area contributed by atoms with Crippen molar-refractivity contribution in [2.75, 3.05) is 32.8 Å². The first-order valence-corrected chi connectivity index (χ1v) is 7.35. The third-order valence-electron chi connectivity index (χ3n) is 4.25. The van der Waals surface area contributed by atoms with Crippen LogP contribution in [0.4, 0.5) is 0 Å². The Morgan fingerprint density at radius 3 is 2.50 bits per heavy atom. The standard InChI is InChI=1S/C14H26N2O2/c1-3-16-9-7-14(8-10-16,13(17)18-4-2)15-11-12-5-6-12/h12,15H,3-11H2,1-2H3. The molecular formula is C14H26N2O2. The Hall–Kier alpha value is -0.610. The van der Waals surface area contributed by atoms with Crippen molar-refractivity contribution in [2.45, 2.75) is 45.1 Å². The van der Waals surface area contributed by atoms with E-state index in [0.717, 1.165) is 44.9 Å². The van der Waals surface area contributed by atoms with Gasteiger partial charge in [-0.25, -0.2) is 0 Å². The first-order valence-electron chi connectivity index (χ1n) is 7.35. The van der Waals surface area contributed by atoms with Crippen LogP contribution < -0.4 is 5.32 Å². The van der Waals surface area contributed by atoms with Gasteiger partial charge in [0.25, 0.3) is 0 Å². The third-order valence-corrected chi connectivity index (χ3v) is 4.25. The second kappa shape index (κ2) is 6.02. The molecule has 18 heavy (non-hydrogen) atoms. The van der Waals surface area contributed by atoms with E-state index in [-0.39, 0.29) is 5.97 Å². The molecule has 0 radical (unpaired) electrons. The van der Waals surface area contributed by atoms with Crippen molar-refractivity contribution >= 4 is 5.97 Å². The van der Waals surface area contributed by atoms with Crippen LogP contribution in [-0.4, -0.2) is 49.2 Å². The predicted octanol–water partition coefficient (Wildman–Crippen LogP) is 1.40. The van der Waals surface area contributed by atoms with Crippen molar-refractivity contribution in [1.29, 1.82) is 0 Å². The van der Waals surface area contributed by atoms with Crippen molar-refractivity contribution in [1.82, 2.24) is 10.2 Å². The van der Waals surface area contributed by atoms with Crippen LogP contribution in [0.15, 0.2) is 0 Å². The molecule has 1 aliphatic carbocycles. The van der Waals surface area contributed by atoms with Gasteiger partial charge in [-0.05, 0) is 51.6 Å². The molecule has 1 saturated heterocycles. The summed E-state index contributed by atoms with van der Waals surface area (Å²) in [5, 5.41) is 3.53. The number of likely N-dealkylation sites (tertiary alicyclic amines) is 1. The van der Waals surface area contributed by atoms with Gasteiger partial charge in [0.2, 0.25) is 0 Å². The van der Waals surface area contributed by atoms with Crippen LogP contribution in [0, 0.1) is 5.92 Å². The van der Waals surface area contributed by atoms with E-state index in [9.17, 15) is 4.79 Å². The number of hydrogen-bond donors (Lipinski definition) is 1. The zero-order chi connectivity index (χ0) is 13.0. The maximum Gasteiger partial charge on any atom is 0.326 e. The number of carbonyl (C=O) groups is 1. The van der Waals surface area contributed by atoms with Crippen LogP contribution >= 0.6 is 0 Å². The monoisotopic (exact) mass is 254 g/mol. The summed E-state index contributed by atoms with van der Waals surface area (Å²) in [7, 11) is 0. The summed E-state index contributed by atoms with van der Waals surface area (Å²) in [5.41, 5.74) is -0.412. The number of nitrogens with one attached hydrogen (secondary N) is 1. The Balaban J connectivity index is 1.95. The average Bonchev–Trinajstić information content (AvgIpc) is 3.21. The molecular weight excluding hydrogens is 228 g/mol. The highest BCUT2D eigenvalue weighted by atomic mass is 16.5. The van der Waals surface area contributed by atoms with Gasteiger partial charge in [0, 0.05) is 13.1 Å². The van der Waals surface area contributed by atoms with Crippen LogP contribution in [0.25, 0.3) is 0 Å². The fourth-order valence-corrected chi connectivity index (χ4v) is 2.63. The fraction of sp³-hybridized carbons (Fsp3) is 0.929. The van der Waals surface area contributed by atoms with Gasteiger partial charge in [-0.15, -0.1) is 0 Å². The maximum atomic E-state index is 12.2. The van der Waals surface area contributed by atoms with Gasteiger partial charge in [0.05, 0.1) is 6.61 Å². The quantitative estimate of drug-likeness (QED) is 0.728. The van der Waals surface area contributed by atoms with Crippen LogP contribution in [0.1, 0.15) is 39.5 Å². The van der Waals surface area contributed by atoms with Gasteiger partial charge in [-0.3, -0.25) is 4.79 Å². The zero-order valence-corrected chi connectivity index (χ0v) is 11.7. The van der Waals surface area contributed by atoms with E-state index in [1.54, 1.807) is 0 Å². The summed E-state index contributed by atoms with van der Waals surface area (Å²) < 4.78 is 5.29. The summed E-state index contributed by atoms with van der Waals surface area (Å²) in [5.74, 6) is 0.752. The molecule has 1 N–H and O–H groups in total. The number of nitrogens with zero attached hydrogens (tertiary/aromatic N) is 1. The van der Waals surface area contributed by atoms with Crippen molar-refractivity contribution < 1.29 is 9.53 Å². The van der Waals surface area contributed by atoms with Crippen molar-refractivity contribution in [3.8, 4) is 0 Å². The zero-order valence-electron chi connectivity index (χ0n) is 11.7. The lowest BCUT2D eigenvalue weighted by atomic mass is 9.87. The van der Waals surface area contributed by atoms with E-state index in [1.165, 1.54) is 12.8 Å². The molecule has 0 bridgehead atoms. The second-order valence-corrected chi connectivity index (χ2v) is 5.56. The highest BCUT2D eigenvalue weighted by Gasteiger charge is 2.43. The number of piperidine rings is 1. The van der Waals surface area contributed by atoms with Crippen LogP contribution in [0.2, 0.25) is 0 Å². The van der Waals surface area contributed by atoms with Crippen molar-refractivity contribution in [2.24, 2.45) is 5.92 Å². The molecule has 4 nitrogen and oxygen atoms in total. The molecule has 0 aromatic carbocycles. The molecule has 0 aromatic rings. The Bertz CT molecular complexity index is 282. The number of ether oxygens (including phenoxy) is 1. The molecule has 0 spiro atoms. The molecule has 0 unspecified atom stereocenters. The van der Waals surface area contributed by atoms with Gasteiger partial charge in [0.15, 0.2) is 0 Å². The Labute approximate surface area is 110 Å². The molecule has 0 amide bonds. The smallest absolute Gasteiger partial charge is 0.326 e. The Morgan fingerprint density at radius 1 is 1.33 bits per heavy atom. The lowest BCUT2D eigenvalue weighted by molar-refractivity contribution is -0.153. The van der Waals surface area contributed by atoms with E-state index in [1.807, 2.05) is 6.92 Å². The minimum atomic E-state index is -0.412. The minimum absolute atomic E-state index is 0.0404. The third kappa shape index (κ3) is 3.23. The van der Waals surface area contributed by atoms with E-state index in [4.69, 9.17) is 4.74 Å². The Morgan fingerprint density at radius 2 is 2.00 bits per heavy atom. The van der Waals surface area contributed by atoms with Crippen LogP contribution in [-0.2, 0) is 9.53 Å². The number of esters is 1. The van der Waals surface area contributed by atoms with E-state index in [0.29, 0.717) is 6.61 Å². The van der Waals surface area contributed by atoms with Crippen molar-refractivity contribution in [3.63, 3.8) is 0 Å². The predicted molar refractivity (Wildman–Crippen MR) is 71.4 cm³/mol. The van der Waals surface area contributed by atoms with Gasteiger partial charge >= 0.3 is 5.97 Å². The highest BCUT2D eigenvalue weighted by molar-refractivity contribution is 5.81. The second-order valence-electron chi connectivity index (χ2n) is 5.56. The molecule has 2 aliphatic rings. The van der Waals surface area contributed by atoms with E-state index in [2.05, 4.69) is 17.1 Å². The van der Waals surface area contributed by atoms with E-state index >= 15 is 0 Å². The summed E-state index contributed by atoms with van der Waals surface area (Å²) in [6.45, 7) is 8.57. The highest BCUT2D eigenvalue weighted by Crippen LogP contribution is 2.30. The largest absolute Gasteiger partial charge is 0.465 e. The molecule has 1 saturated carbocycles. The number of hydrogen-bond acceptors (Lipinski definition) is 4. The number of rotatable bonds is 6. The molecule has 1 heterocycles. The molecule has 0 aromatic heterocycles. The first kappa shape index (κ1) is 13.8. The first-order chi connectivity index (χ1) is 8.70. The molecule has 4 heteroatoms. The SMILES string of the molecule is CCOC(=O)C1(NCC2CC2)CCN(CC)CC1. The molecule has 0 atom stereocenters. The summed E-state index contributed by atoms with van der Waals surface area (Å²) in [6, 6.07) is 0. The molecule has 104 valence electrons. The molecule has 1 aliphatic heterocycles. The maximum absolute atomic E-state index is 12.2. The van der Waals surface area contributed by atoms with E-state index < -0.39 is 5.54 Å². The van der Waals surface area contributed by atoms with Gasteiger partial charge in [-0.2, -0.15) is 0 Å². The summed E-state index contributed by atoms with van der Waals surface area (Å²) >= 11 is 0. The van der Waals surface area contributed by atoms with Crippen LogP contribution in [0.3, 0.4) is 0 Å². The van der Waals surface area contributed by atoms with Crippen LogP contribution in [0.5, 0.6) is 0 Å². The van der Waals surface area contributed by atoms with Gasteiger partial charge in [0.1, 0.15) is 5.54 Å². The van der Waals surface area contributed by atoms with Gasteiger partial charge < -0.3 is 15.0 Å². The normalized spacial score (nSPS) is 23.9. The van der Waals surface area contributed by atoms with Crippen molar-refractivity contribution in [3.05, 3.63) is 0 Å². The Kier molecular flexibility index (Phi) is 4.62. The topological polar surface area (TPSA) is 41.6 Å². The molecule has 2 rings (SSSR count). The lowest BCUT2D eigenvalue weighted by Gasteiger charge is -2.40. The number of carbonyl (C=O) groups excluding carboxylic acids is 1. The summed E-state index contributed by atoms with van der Waals surface area (Å²) in [4.78, 5) is 14.6. The average molecular weight is 254 g/mol. The fourth-order valence-electron chi connectivity index (χ4n) is 2.63.